The van der Waals surface area contributed by atoms with E-state index in [0.29, 0.717) is 23.7 Å². The molecule has 1 unspecified atom stereocenters. The van der Waals surface area contributed by atoms with Crippen molar-refractivity contribution in [2.75, 3.05) is 6.54 Å². The van der Waals surface area contributed by atoms with E-state index in [-0.39, 0.29) is 17.8 Å². The number of rotatable bonds is 7. The fourth-order valence-corrected chi connectivity index (χ4v) is 7.28. The zero-order valence-electron chi connectivity index (χ0n) is 23.2. The van der Waals surface area contributed by atoms with Gasteiger partial charge in [-0.1, -0.05) is 42.5 Å². The standard InChI is InChI=1S/C34H34FN5O/c1-22-37-32-10-5-18-36-33(32)40(22)28-20-26-15-16-27(21-28)39(26)19-17-31(38-34(41)24-11-13-25(35)14-12-24)30-9-4-7-23-6-2-3-8-29(23)30/h2-14,18,26-28,31H,15-17,19-21H2,1H3,(H,38,41)/t26-,27+,28?,31-/m0/s1. The van der Waals surface area contributed by atoms with Gasteiger partial charge in [-0.3, -0.25) is 9.69 Å². The van der Waals surface area contributed by atoms with E-state index in [1.165, 1.54) is 25.0 Å². The first-order chi connectivity index (χ1) is 20.0. The summed E-state index contributed by atoms with van der Waals surface area (Å²) in [6.45, 7) is 3.00. The maximum absolute atomic E-state index is 13.5. The summed E-state index contributed by atoms with van der Waals surface area (Å²) >= 11 is 0. The molecular formula is C34H34FN5O. The van der Waals surface area contributed by atoms with Crippen molar-refractivity contribution in [1.82, 2.24) is 24.8 Å². The topological polar surface area (TPSA) is 63.1 Å². The Morgan fingerprint density at radius 2 is 1.71 bits per heavy atom. The van der Waals surface area contributed by atoms with Gasteiger partial charge in [0.15, 0.2) is 5.65 Å². The second-order valence-corrected chi connectivity index (χ2v) is 11.5. The molecule has 4 atom stereocenters. The van der Waals surface area contributed by atoms with Gasteiger partial charge in [0.2, 0.25) is 0 Å². The first-order valence-corrected chi connectivity index (χ1v) is 14.6. The van der Waals surface area contributed by atoms with Gasteiger partial charge in [-0.2, -0.15) is 0 Å². The molecule has 2 saturated heterocycles. The number of aryl methyl sites for hydroxylation is 1. The highest BCUT2D eigenvalue weighted by Crippen LogP contribution is 2.42. The number of aromatic nitrogens is 3. The van der Waals surface area contributed by atoms with Gasteiger partial charge in [-0.25, -0.2) is 14.4 Å². The zero-order chi connectivity index (χ0) is 27.9. The third-order valence-electron chi connectivity index (χ3n) is 9.14. The highest BCUT2D eigenvalue weighted by molar-refractivity contribution is 5.95. The lowest BCUT2D eigenvalue weighted by Gasteiger charge is -2.40. The summed E-state index contributed by atoms with van der Waals surface area (Å²) in [5.41, 5.74) is 3.54. The molecule has 1 N–H and O–H groups in total. The van der Waals surface area contributed by atoms with Gasteiger partial charge >= 0.3 is 0 Å². The Labute approximate surface area is 239 Å². The minimum absolute atomic E-state index is 0.167. The molecule has 1 amide bonds. The van der Waals surface area contributed by atoms with Crippen molar-refractivity contribution in [3.63, 3.8) is 0 Å². The van der Waals surface area contributed by atoms with E-state index in [0.717, 1.165) is 59.1 Å². The minimum atomic E-state index is -0.347. The molecule has 7 heteroatoms. The smallest absolute Gasteiger partial charge is 0.251 e. The van der Waals surface area contributed by atoms with Gasteiger partial charge in [0.05, 0.1) is 6.04 Å². The molecule has 6 nitrogen and oxygen atoms in total. The van der Waals surface area contributed by atoms with Crippen LogP contribution in [-0.2, 0) is 0 Å². The SMILES string of the molecule is Cc1nc2cccnc2n1C1C[C@H]2CC[C@@H](C1)N2CC[C@H](NC(=O)c1ccc(F)cc1)c1cccc2ccccc12. The van der Waals surface area contributed by atoms with Crippen LogP contribution in [0.15, 0.2) is 85.1 Å². The molecular weight excluding hydrogens is 513 g/mol. The minimum Gasteiger partial charge on any atom is -0.345 e. The highest BCUT2D eigenvalue weighted by Gasteiger charge is 2.42. The molecule has 2 bridgehead atoms. The van der Waals surface area contributed by atoms with Crippen LogP contribution < -0.4 is 5.32 Å². The van der Waals surface area contributed by atoms with E-state index in [9.17, 15) is 9.18 Å². The van der Waals surface area contributed by atoms with Crippen molar-refractivity contribution >= 4 is 27.8 Å². The molecule has 5 aromatic rings. The third kappa shape index (κ3) is 4.88. The molecule has 41 heavy (non-hydrogen) atoms. The largest absolute Gasteiger partial charge is 0.345 e. The lowest BCUT2D eigenvalue weighted by Crippen LogP contribution is -2.45. The quantitative estimate of drug-likeness (QED) is 0.245. The number of fused-ring (bicyclic) bond motifs is 4. The molecule has 7 rings (SSSR count). The molecule has 0 aliphatic carbocycles. The van der Waals surface area contributed by atoms with E-state index in [2.05, 4.69) is 57.0 Å². The number of carbonyl (C=O) groups is 1. The van der Waals surface area contributed by atoms with Crippen molar-refractivity contribution in [2.24, 2.45) is 0 Å². The number of carbonyl (C=O) groups excluding carboxylic acids is 1. The summed E-state index contributed by atoms with van der Waals surface area (Å²) in [6.07, 6.45) is 7.22. The monoisotopic (exact) mass is 547 g/mol. The number of piperidine rings is 1. The number of nitrogens with zero attached hydrogens (tertiary/aromatic N) is 4. The molecule has 208 valence electrons. The molecule has 2 aromatic heterocycles. The summed E-state index contributed by atoms with van der Waals surface area (Å²) < 4.78 is 15.9. The van der Waals surface area contributed by atoms with Crippen LogP contribution >= 0.6 is 0 Å². The Balaban J connectivity index is 1.13. The van der Waals surface area contributed by atoms with Crippen LogP contribution in [0.4, 0.5) is 4.39 Å². The van der Waals surface area contributed by atoms with Crippen LogP contribution in [0.2, 0.25) is 0 Å². The summed E-state index contributed by atoms with van der Waals surface area (Å²) in [5.74, 6) is 0.511. The number of amides is 1. The van der Waals surface area contributed by atoms with E-state index in [1.54, 1.807) is 12.1 Å². The van der Waals surface area contributed by atoms with Crippen LogP contribution in [0.3, 0.4) is 0 Å². The van der Waals surface area contributed by atoms with Gasteiger partial charge < -0.3 is 9.88 Å². The number of benzene rings is 3. The second kappa shape index (κ2) is 10.7. The number of imidazole rings is 1. The van der Waals surface area contributed by atoms with Crippen molar-refractivity contribution in [1.29, 1.82) is 0 Å². The summed E-state index contributed by atoms with van der Waals surface area (Å²) in [5, 5.41) is 5.61. The van der Waals surface area contributed by atoms with Crippen molar-refractivity contribution in [2.45, 2.75) is 63.2 Å². The third-order valence-corrected chi connectivity index (χ3v) is 9.14. The summed E-state index contributed by atoms with van der Waals surface area (Å²) in [7, 11) is 0. The fraction of sp³-hybridized carbons (Fsp3) is 0.324. The van der Waals surface area contributed by atoms with Gasteiger partial charge in [-0.15, -0.1) is 0 Å². The second-order valence-electron chi connectivity index (χ2n) is 11.5. The highest BCUT2D eigenvalue weighted by atomic mass is 19.1. The number of hydrogen-bond acceptors (Lipinski definition) is 4. The number of nitrogens with one attached hydrogen (secondary N) is 1. The zero-order valence-corrected chi connectivity index (χ0v) is 23.2. The van der Waals surface area contributed by atoms with Crippen molar-refractivity contribution in [3.8, 4) is 0 Å². The average molecular weight is 548 g/mol. The van der Waals surface area contributed by atoms with E-state index in [1.807, 2.05) is 30.5 Å². The van der Waals surface area contributed by atoms with Gasteiger partial charge in [-0.05, 0) is 91.8 Å². The Kier molecular flexibility index (Phi) is 6.75. The first-order valence-electron chi connectivity index (χ1n) is 14.6. The fourth-order valence-electron chi connectivity index (χ4n) is 7.28. The van der Waals surface area contributed by atoms with Gasteiger partial charge in [0.1, 0.15) is 17.2 Å². The van der Waals surface area contributed by atoms with Crippen molar-refractivity contribution in [3.05, 3.63) is 108 Å². The first kappa shape index (κ1) is 25.8. The van der Waals surface area contributed by atoms with Gasteiger partial charge in [0, 0.05) is 36.4 Å². The Morgan fingerprint density at radius 1 is 0.951 bits per heavy atom. The van der Waals surface area contributed by atoms with Crippen LogP contribution in [0.25, 0.3) is 21.9 Å². The molecule has 4 heterocycles. The maximum Gasteiger partial charge on any atom is 0.251 e. The molecule has 0 radical (unpaired) electrons. The summed E-state index contributed by atoms with van der Waals surface area (Å²) in [4.78, 5) is 25.4. The maximum atomic E-state index is 13.5. The molecule has 2 fully saturated rings. The molecule has 0 saturated carbocycles. The van der Waals surface area contributed by atoms with Crippen molar-refractivity contribution < 1.29 is 9.18 Å². The Hall–Kier alpha value is -4.10. The predicted octanol–water partition coefficient (Wildman–Crippen LogP) is 6.76. The lowest BCUT2D eigenvalue weighted by atomic mass is 9.93. The molecule has 3 aromatic carbocycles. The molecule has 2 aliphatic rings. The van der Waals surface area contributed by atoms with E-state index in [4.69, 9.17) is 4.98 Å². The average Bonchev–Trinajstić information content (AvgIpc) is 3.45. The van der Waals surface area contributed by atoms with Crippen LogP contribution in [0.5, 0.6) is 0 Å². The molecule has 2 aliphatic heterocycles. The molecule has 0 spiro atoms. The number of pyridine rings is 1. The van der Waals surface area contributed by atoms with E-state index >= 15 is 0 Å². The summed E-state index contributed by atoms with van der Waals surface area (Å²) in [6, 6.07) is 25.6. The van der Waals surface area contributed by atoms with E-state index < -0.39 is 0 Å². The van der Waals surface area contributed by atoms with Gasteiger partial charge in [0.25, 0.3) is 5.91 Å². The van der Waals surface area contributed by atoms with Crippen LogP contribution in [0.1, 0.15) is 65.9 Å². The Bertz CT molecular complexity index is 1690. The normalized spacial score (nSPS) is 21.4. The number of halogens is 1. The van der Waals surface area contributed by atoms with Crippen LogP contribution in [-0.4, -0.2) is 44.0 Å². The van der Waals surface area contributed by atoms with Crippen LogP contribution in [0, 0.1) is 12.7 Å². The number of hydrogen-bond donors (Lipinski definition) is 1. The lowest BCUT2D eigenvalue weighted by molar-refractivity contribution is 0.0896. The predicted molar refractivity (Wildman–Crippen MR) is 159 cm³/mol. The Morgan fingerprint density at radius 3 is 2.51 bits per heavy atom.